The molecule has 1 fully saturated rings. The lowest BCUT2D eigenvalue weighted by Gasteiger charge is -2.49. The van der Waals surface area contributed by atoms with Gasteiger partial charge in [0.15, 0.2) is 5.82 Å². The summed E-state index contributed by atoms with van der Waals surface area (Å²) in [5, 5.41) is 12.0. The fourth-order valence-electron chi connectivity index (χ4n) is 7.43. The number of halogens is 2. The number of piperazine rings is 1. The summed E-state index contributed by atoms with van der Waals surface area (Å²) in [4.78, 5) is 40.9. The van der Waals surface area contributed by atoms with Crippen LogP contribution in [0.15, 0.2) is 48.2 Å². The molecule has 0 bridgehead atoms. The topological polar surface area (TPSA) is 112 Å². The number of fused-ring (bicyclic) bond motifs is 6. The normalized spacial score (nSPS) is 17.6. The molecule has 10 nitrogen and oxygen atoms in total. The summed E-state index contributed by atoms with van der Waals surface area (Å²) in [6.45, 7) is 16.8. The van der Waals surface area contributed by atoms with Gasteiger partial charge >= 0.3 is 0 Å². The lowest BCUT2D eigenvalue weighted by atomic mass is 9.93. The smallest absolute Gasteiger partial charge is 0.281 e. The van der Waals surface area contributed by atoms with E-state index >= 15 is 9.18 Å². The molecule has 12 heteroatoms. The molecule has 48 heavy (non-hydrogen) atoms. The Bertz CT molecular complexity index is 2180. The maximum Gasteiger partial charge on any atom is 0.281 e. The minimum Gasteiger partial charge on any atom is -0.377 e. The van der Waals surface area contributed by atoms with Crippen LogP contribution in [0.25, 0.3) is 38.6 Å². The molecule has 2 N–H and O–H groups in total. The minimum absolute atomic E-state index is 0.0936. The van der Waals surface area contributed by atoms with Gasteiger partial charge in [-0.05, 0) is 49.5 Å². The second-order valence-electron chi connectivity index (χ2n) is 13.4. The molecule has 2 aromatic carbocycles. The summed E-state index contributed by atoms with van der Waals surface area (Å²) in [6.07, 6.45) is 4.50. The Morgan fingerprint density at radius 1 is 1.08 bits per heavy atom. The molecule has 0 radical (unpaired) electrons. The van der Waals surface area contributed by atoms with Gasteiger partial charge in [-0.3, -0.25) is 19.3 Å². The summed E-state index contributed by atoms with van der Waals surface area (Å²) in [7, 11) is 0. The number of nitrogens with one attached hydrogen (secondary N) is 2. The van der Waals surface area contributed by atoms with Crippen LogP contribution in [0.1, 0.15) is 63.4 Å². The molecular formula is C36H38ClFN8O2. The molecule has 2 atom stereocenters. The average Bonchev–Trinajstić information content (AvgIpc) is 3.54. The number of aryl methyl sites for hydroxylation is 1. The van der Waals surface area contributed by atoms with Crippen molar-refractivity contribution in [3.63, 3.8) is 0 Å². The summed E-state index contributed by atoms with van der Waals surface area (Å²) in [5.74, 6) is -0.965. The van der Waals surface area contributed by atoms with Crippen molar-refractivity contribution in [2.24, 2.45) is 0 Å². The molecule has 2 aliphatic heterocycles. The Morgan fingerprint density at radius 2 is 1.79 bits per heavy atom. The lowest BCUT2D eigenvalue weighted by Crippen LogP contribution is -2.62. The molecular weight excluding hydrogens is 631 g/mol. The van der Waals surface area contributed by atoms with Crippen molar-refractivity contribution in [3.8, 4) is 16.8 Å². The van der Waals surface area contributed by atoms with Crippen molar-refractivity contribution >= 4 is 50.7 Å². The van der Waals surface area contributed by atoms with Gasteiger partial charge in [0, 0.05) is 47.6 Å². The van der Waals surface area contributed by atoms with Gasteiger partial charge < -0.3 is 15.1 Å². The van der Waals surface area contributed by atoms with E-state index in [0.29, 0.717) is 64.4 Å². The summed E-state index contributed by atoms with van der Waals surface area (Å²) < 4.78 is 19.4. The molecule has 5 heterocycles. The number of pyridine rings is 1. The first kappa shape index (κ1) is 31.8. The Morgan fingerprint density at radius 3 is 2.46 bits per heavy atom. The van der Waals surface area contributed by atoms with E-state index in [-0.39, 0.29) is 45.9 Å². The van der Waals surface area contributed by atoms with Crippen LogP contribution in [0.3, 0.4) is 0 Å². The number of aromatic nitrogens is 5. The van der Waals surface area contributed by atoms with Gasteiger partial charge in [-0.2, -0.15) is 5.10 Å². The molecule has 2 unspecified atom stereocenters. The van der Waals surface area contributed by atoms with Crippen LogP contribution in [-0.4, -0.2) is 67.3 Å². The third-order valence-electron chi connectivity index (χ3n) is 9.70. The Kier molecular flexibility index (Phi) is 7.77. The third kappa shape index (κ3) is 4.69. The molecule has 2 aliphatic rings. The first-order chi connectivity index (χ1) is 22.9. The predicted octanol–water partition coefficient (Wildman–Crippen LogP) is 6.69. The third-order valence-corrected chi connectivity index (χ3v) is 10.0. The van der Waals surface area contributed by atoms with Gasteiger partial charge in [-0.1, -0.05) is 51.9 Å². The highest BCUT2D eigenvalue weighted by molar-refractivity contribution is 6.35. The Labute approximate surface area is 282 Å². The minimum atomic E-state index is -0.627. The van der Waals surface area contributed by atoms with Gasteiger partial charge in [0.2, 0.25) is 5.91 Å². The molecule has 1 saturated heterocycles. The zero-order valence-electron chi connectivity index (χ0n) is 27.9. The molecule has 3 aromatic heterocycles. The maximum atomic E-state index is 17.9. The number of hydrogen-bond donors (Lipinski definition) is 2. The number of aromatic amines is 1. The zero-order chi connectivity index (χ0) is 34.2. The van der Waals surface area contributed by atoms with Crippen LogP contribution < -0.4 is 15.8 Å². The summed E-state index contributed by atoms with van der Waals surface area (Å²) in [5.41, 5.74) is 4.69. The number of carbonyl (C=O) groups excluding carboxylic acids is 1. The van der Waals surface area contributed by atoms with E-state index in [1.807, 2.05) is 53.7 Å². The van der Waals surface area contributed by atoms with Crippen LogP contribution >= 0.6 is 11.6 Å². The largest absolute Gasteiger partial charge is 0.377 e. The average molecular weight is 669 g/mol. The first-order valence-corrected chi connectivity index (χ1v) is 16.6. The van der Waals surface area contributed by atoms with Crippen molar-refractivity contribution in [1.82, 2.24) is 29.6 Å². The van der Waals surface area contributed by atoms with Gasteiger partial charge in [-0.15, -0.1) is 0 Å². The predicted molar refractivity (Wildman–Crippen MR) is 189 cm³/mol. The van der Waals surface area contributed by atoms with E-state index in [2.05, 4.69) is 37.0 Å². The van der Waals surface area contributed by atoms with E-state index in [1.165, 1.54) is 17.0 Å². The van der Waals surface area contributed by atoms with Crippen LogP contribution in [-0.2, 0) is 4.79 Å². The van der Waals surface area contributed by atoms with Crippen molar-refractivity contribution in [2.45, 2.75) is 65.5 Å². The first-order valence-electron chi connectivity index (χ1n) is 16.3. The van der Waals surface area contributed by atoms with Crippen LogP contribution in [0.4, 0.5) is 15.8 Å². The Hall–Kier alpha value is -4.77. The number of benzene rings is 2. The number of H-pyrrole nitrogens is 1. The van der Waals surface area contributed by atoms with Crippen LogP contribution in [0, 0.1) is 12.7 Å². The van der Waals surface area contributed by atoms with Crippen molar-refractivity contribution in [1.29, 1.82) is 0 Å². The van der Waals surface area contributed by atoms with Crippen molar-refractivity contribution in [3.05, 3.63) is 81.5 Å². The summed E-state index contributed by atoms with van der Waals surface area (Å²) >= 11 is 7.13. The molecule has 1 amide bonds. The lowest BCUT2D eigenvalue weighted by molar-refractivity contribution is -0.128. The zero-order valence-corrected chi connectivity index (χ0v) is 28.6. The number of hydrogen-bond acceptors (Lipinski definition) is 7. The monoisotopic (exact) mass is 668 g/mol. The van der Waals surface area contributed by atoms with E-state index in [4.69, 9.17) is 11.6 Å². The van der Waals surface area contributed by atoms with Crippen LogP contribution in [0.5, 0.6) is 0 Å². The van der Waals surface area contributed by atoms with E-state index in [1.54, 1.807) is 17.2 Å². The van der Waals surface area contributed by atoms with E-state index < -0.39 is 11.4 Å². The van der Waals surface area contributed by atoms with E-state index in [9.17, 15) is 4.79 Å². The molecule has 0 aliphatic carbocycles. The quantitative estimate of drug-likeness (QED) is 0.201. The second-order valence-corrected chi connectivity index (χ2v) is 13.8. The molecule has 0 spiro atoms. The van der Waals surface area contributed by atoms with Gasteiger partial charge in [0.1, 0.15) is 12.0 Å². The molecule has 5 aromatic rings. The fourth-order valence-corrected chi connectivity index (χ4v) is 7.71. The molecule has 7 rings (SSSR count). The van der Waals surface area contributed by atoms with Crippen molar-refractivity contribution in [2.75, 3.05) is 29.9 Å². The van der Waals surface area contributed by atoms with Crippen LogP contribution in [0.2, 0.25) is 5.02 Å². The highest BCUT2D eigenvalue weighted by atomic mass is 35.5. The SMILES string of the molecule is C=CC(=O)N1CC2CNc3c(c4cc(Cl)c(-c5c(C)ccc6[nH]ncc56)c(F)c4n(-c4c(C(C)C)ncnc4C(C)C)c3=O)N2CC1C. The number of nitrogens with zero attached hydrogens (tertiary/aromatic N) is 6. The number of carbonyl (C=O) groups is 1. The number of amides is 1. The fraction of sp³-hybridized carbons (Fsp3) is 0.361. The Balaban J connectivity index is 1.63. The number of anilines is 2. The van der Waals surface area contributed by atoms with Gasteiger partial charge in [0.05, 0.1) is 51.1 Å². The second kappa shape index (κ2) is 11.7. The van der Waals surface area contributed by atoms with Crippen molar-refractivity contribution < 1.29 is 9.18 Å². The summed E-state index contributed by atoms with van der Waals surface area (Å²) in [6, 6.07) is 5.21. The van der Waals surface area contributed by atoms with E-state index in [0.717, 1.165) is 11.1 Å². The van der Waals surface area contributed by atoms with Gasteiger partial charge in [0.25, 0.3) is 5.56 Å². The highest BCUT2D eigenvalue weighted by Crippen LogP contribution is 2.46. The van der Waals surface area contributed by atoms with Gasteiger partial charge in [-0.25, -0.2) is 14.4 Å². The standard InChI is InChI=1S/C36H38ClFN8O2/c1-8-26(47)44-15-21-12-39-32-34(45(21)14-20(44)7)22-11-24(37)28(27-19(6)9-10-25-23(27)13-42-43-25)29(38)33(22)46(36(32)48)35-30(17(2)3)40-16-41-31(35)18(4)5/h8-11,13,16-18,20-21,39H,1,12,14-15H2,2-7H3,(H,42,43). The maximum absolute atomic E-state index is 17.9. The molecule has 0 saturated carbocycles. The highest BCUT2D eigenvalue weighted by Gasteiger charge is 2.40. The molecule has 248 valence electrons. The number of rotatable bonds is 5.